The number of pyridine rings is 1. The van der Waals surface area contributed by atoms with Crippen LogP contribution in [-0.2, 0) is 16.1 Å². The first-order chi connectivity index (χ1) is 9.28. The number of ether oxygens (including phenoxy) is 1. The number of nitrogens with one attached hydrogen (secondary N) is 1. The molecule has 5 heteroatoms. The number of hydrogen-bond donors (Lipinski definition) is 1. The van der Waals surface area contributed by atoms with Crippen molar-refractivity contribution < 1.29 is 9.53 Å². The van der Waals surface area contributed by atoms with Crippen molar-refractivity contribution in [2.75, 3.05) is 26.7 Å². The van der Waals surface area contributed by atoms with Gasteiger partial charge < -0.3 is 10.1 Å². The molecule has 19 heavy (non-hydrogen) atoms. The van der Waals surface area contributed by atoms with E-state index in [0.29, 0.717) is 19.2 Å². The topological polar surface area (TPSA) is 54.5 Å². The van der Waals surface area contributed by atoms with Crippen molar-refractivity contribution in [1.82, 2.24) is 15.2 Å². The van der Waals surface area contributed by atoms with Gasteiger partial charge in [-0.3, -0.25) is 14.7 Å². The van der Waals surface area contributed by atoms with Crippen molar-refractivity contribution in [3.8, 4) is 0 Å². The minimum absolute atomic E-state index is 0.0692. The number of nitrogens with zero attached hydrogens (tertiary/aromatic N) is 2. The number of likely N-dealkylation sites (tertiary alicyclic amines) is 1. The van der Waals surface area contributed by atoms with Crippen LogP contribution in [0.25, 0.3) is 0 Å². The van der Waals surface area contributed by atoms with Gasteiger partial charge in [-0.25, -0.2) is 0 Å². The van der Waals surface area contributed by atoms with E-state index in [0.717, 1.165) is 31.5 Å². The second kappa shape index (κ2) is 7.21. The summed E-state index contributed by atoms with van der Waals surface area (Å²) in [6.07, 6.45) is 5.86. The van der Waals surface area contributed by atoms with Gasteiger partial charge in [-0.05, 0) is 24.5 Å². The van der Waals surface area contributed by atoms with Crippen LogP contribution in [0.5, 0.6) is 0 Å². The van der Waals surface area contributed by atoms with E-state index in [1.807, 2.05) is 12.1 Å². The fourth-order valence-corrected chi connectivity index (χ4v) is 2.27. The fourth-order valence-electron chi connectivity index (χ4n) is 2.27. The Balaban J connectivity index is 1.67. The number of amides is 1. The van der Waals surface area contributed by atoms with E-state index in [9.17, 15) is 4.79 Å². The quantitative estimate of drug-likeness (QED) is 0.854. The van der Waals surface area contributed by atoms with Gasteiger partial charge in [0, 0.05) is 39.1 Å². The van der Waals surface area contributed by atoms with Crippen LogP contribution in [-0.4, -0.2) is 48.6 Å². The molecule has 1 fully saturated rings. The molecule has 0 spiro atoms. The monoisotopic (exact) mass is 263 g/mol. The highest BCUT2D eigenvalue weighted by molar-refractivity contribution is 5.78. The molecule has 0 aromatic carbocycles. The highest BCUT2D eigenvalue weighted by Crippen LogP contribution is 2.12. The van der Waals surface area contributed by atoms with E-state index in [4.69, 9.17) is 4.74 Å². The molecule has 2 rings (SSSR count). The summed E-state index contributed by atoms with van der Waals surface area (Å²) in [6, 6.07) is 3.83. The van der Waals surface area contributed by atoms with Crippen LogP contribution in [0.2, 0.25) is 0 Å². The maximum absolute atomic E-state index is 11.8. The summed E-state index contributed by atoms with van der Waals surface area (Å²) >= 11 is 0. The lowest BCUT2D eigenvalue weighted by atomic mass is 10.1. The SMILES string of the molecule is COC1CCN(CC(=O)NCc2cccnc2)CC1. The van der Waals surface area contributed by atoms with Crippen molar-refractivity contribution in [3.05, 3.63) is 30.1 Å². The number of carbonyl (C=O) groups excluding carboxylic acids is 1. The van der Waals surface area contributed by atoms with E-state index in [1.54, 1.807) is 19.5 Å². The Labute approximate surface area is 114 Å². The van der Waals surface area contributed by atoms with Crippen LogP contribution < -0.4 is 5.32 Å². The van der Waals surface area contributed by atoms with Crippen molar-refractivity contribution in [1.29, 1.82) is 0 Å². The molecule has 104 valence electrons. The molecule has 0 unspecified atom stereocenters. The molecule has 0 bridgehead atoms. The van der Waals surface area contributed by atoms with Crippen LogP contribution in [0.3, 0.4) is 0 Å². The Kier molecular flexibility index (Phi) is 5.30. The molecule has 1 aliphatic heterocycles. The first kappa shape index (κ1) is 14.0. The lowest BCUT2D eigenvalue weighted by Gasteiger charge is -2.30. The average molecular weight is 263 g/mol. The van der Waals surface area contributed by atoms with Crippen molar-refractivity contribution >= 4 is 5.91 Å². The lowest BCUT2D eigenvalue weighted by molar-refractivity contribution is -0.123. The van der Waals surface area contributed by atoms with Gasteiger partial charge in [-0.15, -0.1) is 0 Å². The Morgan fingerprint density at radius 1 is 1.53 bits per heavy atom. The molecule has 5 nitrogen and oxygen atoms in total. The van der Waals surface area contributed by atoms with Crippen LogP contribution in [0.1, 0.15) is 18.4 Å². The maximum Gasteiger partial charge on any atom is 0.234 e. The van der Waals surface area contributed by atoms with Gasteiger partial charge in [-0.1, -0.05) is 6.07 Å². The number of hydrogen-bond acceptors (Lipinski definition) is 4. The smallest absolute Gasteiger partial charge is 0.234 e. The largest absolute Gasteiger partial charge is 0.381 e. The third kappa shape index (κ3) is 4.61. The molecule has 0 aliphatic carbocycles. The highest BCUT2D eigenvalue weighted by atomic mass is 16.5. The third-order valence-corrected chi connectivity index (χ3v) is 3.45. The average Bonchev–Trinajstić information content (AvgIpc) is 2.47. The van der Waals surface area contributed by atoms with Gasteiger partial charge >= 0.3 is 0 Å². The summed E-state index contributed by atoms with van der Waals surface area (Å²) in [7, 11) is 1.75. The predicted octanol–water partition coefficient (Wildman–Crippen LogP) is 0.809. The highest BCUT2D eigenvalue weighted by Gasteiger charge is 2.20. The molecule has 1 aliphatic rings. The molecule has 1 amide bonds. The Hall–Kier alpha value is -1.46. The number of aromatic nitrogens is 1. The first-order valence-electron chi connectivity index (χ1n) is 6.68. The van der Waals surface area contributed by atoms with Gasteiger partial charge in [-0.2, -0.15) is 0 Å². The summed E-state index contributed by atoms with van der Waals surface area (Å²) in [5.41, 5.74) is 1.02. The van der Waals surface area contributed by atoms with Gasteiger partial charge in [0.25, 0.3) is 0 Å². The van der Waals surface area contributed by atoms with Crippen molar-refractivity contribution in [3.63, 3.8) is 0 Å². The number of methoxy groups -OCH3 is 1. The maximum atomic E-state index is 11.8. The summed E-state index contributed by atoms with van der Waals surface area (Å²) < 4.78 is 5.32. The minimum atomic E-state index is 0.0692. The third-order valence-electron chi connectivity index (χ3n) is 3.45. The van der Waals surface area contributed by atoms with Gasteiger partial charge in [0.05, 0.1) is 12.6 Å². The van der Waals surface area contributed by atoms with Gasteiger partial charge in [0.1, 0.15) is 0 Å². The summed E-state index contributed by atoms with van der Waals surface area (Å²) in [6.45, 7) is 2.87. The molecule has 1 N–H and O–H groups in total. The minimum Gasteiger partial charge on any atom is -0.381 e. The van der Waals surface area contributed by atoms with E-state index in [2.05, 4.69) is 15.2 Å². The molecule has 1 aromatic rings. The number of carbonyl (C=O) groups is 1. The zero-order valence-corrected chi connectivity index (χ0v) is 11.3. The van der Waals surface area contributed by atoms with Crippen LogP contribution in [0.4, 0.5) is 0 Å². The normalized spacial score (nSPS) is 17.3. The molecule has 0 saturated carbocycles. The standard InChI is InChI=1S/C14H21N3O2/c1-19-13-4-7-17(8-5-13)11-14(18)16-10-12-3-2-6-15-9-12/h2-3,6,9,13H,4-5,7-8,10-11H2,1H3,(H,16,18). The van der Waals surface area contributed by atoms with Crippen molar-refractivity contribution in [2.24, 2.45) is 0 Å². The van der Waals surface area contributed by atoms with Crippen molar-refractivity contribution in [2.45, 2.75) is 25.5 Å². The Morgan fingerprint density at radius 3 is 2.95 bits per heavy atom. The van der Waals surface area contributed by atoms with Gasteiger partial charge in [0.15, 0.2) is 0 Å². The Bertz CT molecular complexity index is 389. The van der Waals surface area contributed by atoms with E-state index in [-0.39, 0.29) is 5.91 Å². The molecule has 2 heterocycles. The molecular weight excluding hydrogens is 242 g/mol. The molecule has 0 atom stereocenters. The van der Waals surface area contributed by atoms with Crippen LogP contribution >= 0.6 is 0 Å². The predicted molar refractivity (Wildman–Crippen MR) is 72.6 cm³/mol. The van der Waals surface area contributed by atoms with E-state index >= 15 is 0 Å². The molecule has 0 radical (unpaired) electrons. The molecule has 1 aromatic heterocycles. The van der Waals surface area contributed by atoms with E-state index < -0.39 is 0 Å². The summed E-state index contributed by atoms with van der Waals surface area (Å²) in [5, 5.41) is 2.92. The molecular formula is C14H21N3O2. The Morgan fingerprint density at radius 2 is 2.32 bits per heavy atom. The zero-order chi connectivity index (χ0) is 13.5. The lowest BCUT2D eigenvalue weighted by Crippen LogP contribution is -2.42. The summed E-state index contributed by atoms with van der Waals surface area (Å²) in [5.74, 6) is 0.0692. The second-order valence-electron chi connectivity index (χ2n) is 4.85. The molecule has 1 saturated heterocycles. The fraction of sp³-hybridized carbons (Fsp3) is 0.571. The van der Waals surface area contributed by atoms with Crippen LogP contribution in [0.15, 0.2) is 24.5 Å². The van der Waals surface area contributed by atoms with E-state index in [1.165, 1.54) is 0 Å². The first-order valence-corrected chi connectivity index (χ1v) is 6.68. The second-order valence-corrected chi connectivity index (χ2v) is 4.85. The number of rotatable bonds is 5. The van der Waals surface area contributed by atoms with Gasteiger partial charge in [0.2, 0.25) is 5.91 Å². The number of piperidine rings is 1. The summed E-state index contributed by atoms with van der Waals surface area (Å²) in [4.78, 5) is 18.0. The van der Waals surface area contributed by atoms with Crippen LogP contribution in [0, 0.1) is 0 Å². The zero-order valence-electron chi connectivity index (χ0n) is 11.3.